The summed E-state index contributed by atoms with van der Waals surface area (Å²) in [6, 6.07) is 32.1. The van der Waals surface area contributed by atoms with Crippen molar-refractivity contribution in [2.45, 2.75) is 90.1 Å². The first-order valence-corrected chi connectivity index (χ1v) is 16.8. The Morgan fingerprint density at radius 2 is 0.939 bits per heavy atom. The molecule has 2 radical (unpaired) electrons. The molecule has 0 bridgehead atoms. The van der Waals surface area contributed by atoms with E-state index in [-0.39, 0.29) is 30.1 Å². The molecule has 4 aliphatic rings. The molecule has 2 fully saturated rings. The third-order valence-corrected chi connectivity index (χ3v) is 10.6. The summed E-state index contributed by atoms with van der Waals surface area (Å²) in [6.07, 6.45) is 10.8. The number of rotatable bonds is 5. The molecule has 4 nitrogen and oxygen atoms in total. The van der Waals surface area contributed by atoms with E-state index < -0.39 is 36.6 Å². The summed E-state index contributed by atoms with van der Waals surface area (Å²) in [5.41, 5.74) is 6.04. The Bertz CT molecular complexity index is 1650. The molecular formula is C42H50B2CoO4-. The van der Waals surface area contributed by atoms with Gasteiger partial charge in [-0.05, 0) is 101 Å². The van der Waals surface area contributed by atoms with Gasteiger partial charge in [-0.2, -0.15) is 0 Å². The Balaban J connectivity index is 0.000000710. The minimum Gasteiger partial charge on any atom is -0.400 e. The van der Waals surface area contributed by atoms with Gasteiger partial charge in [0.2, 0.25) is 0 Å². The van der Waals surface area contributed by atoms with Gasteiger partial charge in [-0.1, -0.05) is 115 Å². The first kappa shape index (κ1) is 38.9. The molecule has 258 valence electrons. The first-order chi connectivity index (χ1) is 22.3. The molecule has 2 saturated heterocycles. The summed E-state index contributed by atoms with van der Waals surface area (Å²) in [7, 11) is -1.10. The van der Waals surface area contributed by atoms with Gasteiger partial charge >= 0.3 is 14.2 Å². The number of hydrogen-bond acceptors (Lipinski definition) is 4. The van der Waals surface area contributed by atoms with Crippen LogP contribution >= 0.6 is 0 Å². The number of benzene rings is 3. The summed E-state index contributed by atoms with van der Waals surface area (Å²) >= 11 is 0. The Labute approximate surface area is 306 Å². The standard InChI is InChI=1S/C36H42B2O4.C5H5.CH3.Co/c1-33(2)34(3,4)40-37(39-33)31-28(25-18-12-9-13-19-25)24-29(26-20-14-10-15-21-26)32(30(31)27-22-16-11-17-23-27)38-41-35(5,6)36(7,8)42-38;1-2-4-5-3-1;;/h9-23,28H,24H2,1-8H3;1-5H;1H3;/q;;-1;/t28-;;;/m1.../s1. The molecule has 2 aliphatic heterocycles. The third-order valence-electron chi connectivity index (χ3n) is 10.6. The van der Waals surface area contributed by atoms with Crippen molar-refractivity contribution in [3.05, 3.63) is 157 Å². The molecule has 0 unspecified atom stereocenters. The summed E-state index contributed by atoms with van der Waals surface area (Å²) in [5.74, 6) is 0.0254. The first-order valence-electron chi connectivity index (χ1n) is 16.8. The van der Waals surface area contributed by atoms with Crippen molar-refractivity contribution in [2.75, 3.05) is 0 Å². The average molecular weight is 699 g/mol. The predicted molar refractivity (Wildman–Crippen MR) is 202 cm³/mol. The van der Waals surface area contributed by atoms with Crippen LogP contribution in [0.1, 0.15) is 84.4 Å². The second-order valence-electron chi connectivity index (χ2n) is 14.8. The number of allylic oxidation sites excluding steroid dienone is 8. The van der Waals surface area contributed by atoms with E-state index in [2.05, 4.69) is 146 Å². The molecule has 49 heavy (non-hydrogen) atoms. The van der Waals surface area contributed by atoms with Crippen molar-refractivity contribution >= 4 is 25.4 Å². The predicted octanol–water partition coefficient (Wildman–Crippen LogP) is 10.1. The van der Waals surface area contributed by atoms with Gasteiger partial charge in [-0.3, -0.25) is 0 Å². The normalized spacial score (nSPS) is 22.7. The molecule has 0 N–H and O–H groups in total. The Morgan fingerprint density at radius 1 is 0.531 bits per heavy atom. The molecule has 7 heteroatoms. The van der Waals surface area contributed by atoms with E-state index in [1.165, 1.54) is 16.7 Å². The fraction of sp³-hybridized carbons (Fsp3) is 0.333. The SMILES string of the molecule is CC1(C)OB(C2=C(c3ccccc3)C[C@H](c3ccccc3)C(B3OC(C)(C)C(C)(C)O3)=C2c2ccccc2)OC1(C)C.[CH3-].[CH]1C=CC=C1.[Co]. The van der Waals surface area contributed by atoms with Crippen LogP contribution in [0.5, 0.6) is 0 Å². The van der Waals surface area contributed by atoms with Crippen LogP contribution in [0.25, 0.3) is 11.1 Å². The fourth-order valence-electron chi connectivity index (χ4n) is 6.52. The minimum absolute atomic E-state index is 0. The molecule has 7 rings (SSSR count). The van der Waals surface area contributed by atoms with Crippen molar-refractivity contribution in [3.8, 4) is 0 Å². The zero-order valence-electron chi connectivity index (χ0n) is 30.5. The zero-order valence-corrected chi connectivity index (χ0v) is 31.5. The molecule has 1 atom stereocenters. The molecular weight excluding hydrogens is 649 g/mol. The van der Waals surface area contributed by atoms with Crippen LogP contribution in [0, 0.1) is 13.8 Å². The molecule has 3 aromatic rings. The van der Waals surface area contributed by atoms with Crippen molar-refractivity contribution in [1.29, 1.82) is 0 Å². The van der Waals surface area contributed by atoms with Crippen molar-refractivity contribution in [3.63, 3.8) is 0 Å². The molecule has 3 aromatic carbocycles. The molecule has 0 spiro atoms. The van der Waals surface area contributed by atoms with Gasteiger partial charge in [0, 0.05) is 29.1 Å². The van der Waals surface area contributed by atoms with Gasteiger partial charge in [0.1, 0.15) is 0 Å². The van der Waals surface area contributed by atoms with E-state index in [1.807, 2.05) is 30.7 Å². The van der Waals surface area contributed by atoms with Crippen LogP contribution < -0.4 is 0 Å². The maximum Gasteiger partial charge on any atom is 0.495 e. The maximum atomic E-state index is 6.86. The summed E-state index contributed by atoms with van der Waals surface area (Å²) in [4.78, 5) is 0. The van der Waals surface area contributed by atoms with Gasteiger partial charge in [0.05, 0.1) is 22.4 Å². The molecule has 2 aliphatic carbocycles. The summed E-state index contributed by atoms with van der Waals surface area (Å²) in [5, 5.41) is 0. The van der Waals surface area contributed by atoms with Gasteiger partial charge < -0.3 is 26.0 Å². The third kappa shape index (κ3) is 7.73. The monoisotopic (exact) mass is 699 g/mol. The van der Waals surface area contributed by atoms with Crippen LogP contribution in [0.3, 0.4) is 0 Å². The fourth-order valence-corrected chi connectivity index (χ4v) is 6.52. The quantitative estimate of drug-likeness (QED) is 0.196. The second-order valence-corrected chi connectivity index (χ2v) is 14.8. The van der Waals surface area contributed by atoms with Crippen molar-refractivity contribution in [1.82, 2.24) is 0 Å². The Hall–Kier alpha value is -2.90. The van der Waals surface area contributed by atoms with Gasteiger partial charge in [0.25, 0.3) is 0 Å². The summed E-state index contributed by atoms with van der Waals surface area (Å²) in [6.45, 7) is 17.0. The molecule has 0 saturated carbocycles. The van der Waals surface area contributed by atoms with Crippen LogP contribution in [-0.2, 0) is 35.4 Å². The Morgan fingerprint density at radius 3 is 1.37 bits per heavy atom. The molecule has 0 amide bonds. The minimum atomic E-state index is -0.561. The largest absolute Gasteiger partial charge is 0.495 e. The number of hydrogen-bond donors (Lipinski definition) is 0. The van der Waals surface area contributed by atoms with Gasteiger partial charge in [-0.25, -0.2) is 0 Å². The Kier molecular flexibility index (Phi) is 12.0. The van der Waals surface area contributed by atoms with E-state index in [0.29, 0.717) is 0 Å². The van der Waals surface area contributed by atoms with Gasteiger partial charge in [0.15, 0.2) is 0 Å². The van der Waals surface area contributed by atoms with Crippen LogP contribution in [0.15, 0.2) is 126 Å². The van der Waals surface area contributed by atoms with E-state index in [4.69, 9.17) is 18.6 Å². The van der Waals surface area contributed by atoms with Gasteiger partial charge in [-0.15, -0.1) is 0 Å². The van der Waals surface area contributed by atoms with E-state index in [9.17, 15) is 0 Å². The maximum absolute atomic E-state index is 6.86. The van der Waals surface area contributed by atoms with Crippen molar-refractivity contribution < 1.29 is 35.4 Å². The second kappa shape index (κ2) is 15.1. The van der Waals surface area contributed by atoms with Crippen LogP contribution in [0.2, 0.25) is 0 Å². The average Bonchev–Trinajstić information content (AvgIpc) is 3.75. The van der Waals surface area contributed by atoms with Crippen LogP contribution in [-0.4, -0.2) is 36.6 Å². The molecule has 0 aromatic heterocycles. The zero-order chi connectivity index (χ0) is 33.5. The van der Waals surface area contributed by atoms with E-state index in [1.54, 1.807) is 0 Å². The van der Waals surface area contributed by atoms with E-state index in [0.717, 1.165) is 28.5 Å². The smallest absolute Gasteiger partial charge is 0.400 e. The topological polar surface area (TPSA) is 36.9 Å². The van der Waals surface area contributed by atoms with E-state index >= 15 is 0 Å². The van der Waals surface area contributed by atoms with Crippen LogP contribution in [0.4, 0.5) is 0 Å². The summed E-state index contributed by atoms with van der Waals surface area (Å²) < 4.78 is 27.4. The van der Waals surface area contributed by atoms with Crippen molar-refractivity contribution in [2.24, 2.45) is 0 Å². The molecule has 2 heterocycles.